The lowest BCUT2D eigenvalue weighted by Gasteiger charge is -2.21. The highest BCUT2D eigenvalue weighted by atomic mass is 14.7. The van der Waals surface area contributed by atoms with Crippen LogP contribution in [0.5, 0.6) is 0 Å². The SMILES string of the molecule is Nc1ccc2c(N)c(N)c(-c3ccccc3)c(-c3ccccc3)c2c1N. The van der Waals surface area contributed by atoms with Crippen molar-refractivity contribution in [3.8, 4) is 22.3 Å². The number of fused-ring (bicyclic) bond motifs is 1. The van der Waals surface area contributed by atoms with Crippen LogP contribution in [0.4, 0.5) is 22.7 Å². The second kappa shape index (κ2) is 6.01. The van der Waals surface area contributed by atoms with E-state index in [-0.39, 0.29) is 0 Å². The highest BCUT2D eigenvalue weighted by Gasteiger charge is 2.21. The van der Waals surface area contributed by atoms with E-state index in [1.165, 1.54) is 0 Å². The van der Waals surface area contributed by atoms with Gasteiger partial charge in [-0.25, -0.2) is 0 Å². The Morgan fingerprint density at radius 2 is 1.00 bits per heavy atom. The van der Waals surface area contributed by atoms with Crippen molar-refractivity contribution in [3.63, 3.8) is 0 Å². The highest BCUT2D eigenvalue weighted by molar-refractivity contribution is 6.20. The minimum absolute atomic E-state index is 0.519. The van der Waals surface area contributed by atoms with E-state index in [9.17, 15) is 0 Å². The summed E-state index contributed by atoms with van der Waals surface area (Å²) >= 11 is 0. The summed E-state index contributed by atoms with van der Waals surface area (Å²) in [5.74, 6) is 0. The number of hydrogen-bond donors (Lipinski definition) is 4. The first-order chi connectivity index (χ1) is 12.6. The topological polar surface area (TPSA) is 104 Å². The third kappa shape index (κ3) is 2.31. The predicted octanol–water partition coefficient (Wildman–Crippen LogP) is 4.50. The van der Waals surface area contributed by atoms with E-state index < -0.39 is 0 Å². The zero-order valence-electron chi connectivity index (χ0n) is 14.2. The number of hydrogen-bond acceptors (Lipinski definition) is 4. The first-order valence-electron chi connectivity index (χ1n) is 8.39. The second-order valence-electron chi connectivity index (χ2n) is 6.30. The summed E-state index contributed by atoms with van der Waals surface area (Å²) < 4.78 is 0. The fourth-order valence-corrected chi connectivity index (χ4v) is 3.47. The summed E-state index contributed by atoms with van der Waals surface area (Å²) in [5, 5.41) is 1.65. The van der Waals surface area contributed by atoms with Crippen LogP contribution >= 0.6 is 0 Å². The number of nitrogen functional groups attached to an aromatic ring is 4. The van der Waals surface area contributed by atoms with Gasteiger partial charge in [0.15, 0.2) is 0 Å². The molecule has 0 saturated heterocycles. The van der Waals surface area contributed by atoms with Crippen LogP contribution in [-0.4, -0.2) is 0 Å². The first kappa shape index (κ1) is 15.8. The van der Waals surface area contributed by atoms with E-state index in [1.807, 2.05) is 66.7 Å². The minimum atomic E-state index is 0.519. The molecule has 0 saturated carbocycles. The Hall–Kier alpha value is -3.66. The Kier molecular flexibility index (Phi) is 3.66. The van der Waals surface area contributed by atoms with Gasteiger partial charge in [0.2, 0.25) is 0 Å². The van der Waals surface area contributed by atoms with E-state index in [4.69, 9.17) is 22.9 Å². The molecule has 0 aliphatic rings. The molecule has 0 aliphatic heterocycles. The van der Waals surface area contributed by atoms with Gasteiger partial charge in [0.1, 0.15) is 0 Å². The molecule has 0 aromatic heterocycles. The van der Waals surface area contributed by atoms with Gasteiger partial charge in [-0.1, -0.05) is 66.7 Å². The number of nitrogens with two attached hydrogens (primary N) is 4. The van der Waals surface area contributed by atoms with Crippen LogP contribution in [-0.2, 0) is 0 Å². The maximum absolute atomic E-state index is 6.51. The van der Waals surface area contributed by atoms with Crippen LogP contribution in [0.2, 0.25) is 0 Å². The minimum Gasteiger partial charge on any atom is -0.397 e. The van der Waals surface area contributed by atoms with E-state index in [2.05, 4.69) is 0 Å². The summed E-state index contributed by atoms with van der Waals surface area (Å²) in [6.45, 7) is 0. The van der Waals surface area contributed by atoms with Crippen LogP contribution in [0, 0.1) is 0 Å². The van der Waals surface area contributed by atoms with Gasteiger partial charge in [-0.3, -0.25) is 0 Å². The monoisotopic (exact) mass is 340 g/mol. The maximum atomic E-state index is 6.51. The normalized spacial score (nSPS) is 10.9. The molecule has 8 N–H and O–H groups in total. The maximum Gasteiger partial charge on any atom is 0.0640 e. The quantitative estimate of drug-likeness (QED) is 0.403. The van der Waals surface area contributed by atoms with Gasteiger partial charge >= 0.3 is 0 Å². The van der Waals surface area contributed by atoms with Crippen molar-refractivity contribution < 1.29 is 0 Å². The van der Waals surface area contributed by atoms with Crippen molar-refractivity contribution in [2.24, 2.45) is 0 Å². The molecule has 4 heteroatoms. The second-order valence-corrected chi connectivity index (χ2v) is 6.30. The Labute approximate surface area is 152 Å². The zero-order valence-corrected chi connectivity index (χ0v) is 14.2. The van der Waals surface area contributed by atoms with Crippen molar-refractivity contribution >= 4 is 33.5 Å². The molecule has 0 heterocycles. The van der Waals surface area contributed by atoms with Crippen LogP contribution < -0.4 is 22.9 Å². The molecule has 128 valence electrons. The summed E-state index contributed by atoms with van der Waals surface area (Å²) in [6, 6.07) is 23.7. The summed E-state index contributed by atoms with van der Waals surface area (Å²) in [5.41, 5.74) is 31.4. The lowest BCUT2D eigenvalue weighted by Crippen LogP contribution is -2.04. The fraction of sp³-hybridized carbons (Fsp3) is 0. The molecular weight excluding hydrogens is 320 g/mol. The molecule has 4 nitrogen and oxygen atoms in total. The molecule has 0 bridgehead atoms. The standard InChI is InChI=1S/C22H20N4/c23-16-12-11-15-19(21(16)25)17(13-7-3-1-4-8-13)18(22(26)20(15)24)14-9-5-2-6-10-14/h1-12H,23-26H2. The number of benzene rings is 4. The molecule has 4 aromatic carbocycles. The van der Waals surface area contributed by atoms with Gasteiger partial charge in [0.05, 0.1) is 22.7 Å². The number of anilines is 4. The van der Waals surface area contributed by atoms with Crippen molar-refractivity contribution in [3.05, 3.63) is 72.8 Å². The molecule has 26 heavy (non-hydrogen) atoms. The van der Waals surface area contributed by atoms with Crippen molar-refractivity contribution in [2.45, 2.75) is 0 Å². The van der Waals surface area contributed by atoms with Gasteiger partial charge in [0, 0.05) is 21.9 Å². The van der Waals surface area contributed by atoms with Gasteiger partial charge < -0.3 is 22.9 Å². The lowest BCUT2D eigenvalue weighted by atomic mass is 9.86. The predicted molar refractivity (Wildman–Crippen MR) is 112 cm³/mol. The average Bonchev–Trinajstić information content (AvgIpc) is 2.68. The Morgan fingerprint density at radius 3 is 1.58 bits per heavy atom. The zero-order chi connectivity index (χ0) is 18.3. The highest BCUT2D eigenvalue weighted by Crippen LogP contribution is 2.48. The molecular formula is C22H20N4. The Bertz CT molecular complexity index is 1100. The summed E-state index contributed by atoms with van der Waals surface area (Å²) in [4.78, 5) is 0. The molecule has 0 unspecified atom stereocenters. The molecule has 0 amide bonds. The van der Waals surface area contributed by atoms with Crippen LogP contribution in [0.1, 0.15) is 0 Å². The lowest BCUT2D eigenvalue weighted by molar-refractivity contribution is 1.59. The molecule has 0 aliphatic carbocycles. The van der Waals surface area contributed by atoms with Gasteiger partial charge in [0.25, 0.3) is 0 Å². The van der Waals surface area contributed by atoms with Crippen molar-refractivity contribution in [1.29, 1.82) is 0 Å². The largest absolute Gasteiger partial charge is 0.397 e. The molecule has 4 aromatic rings. The fourth-order valence-electron chi connectivity index (χ4n) is 3.47. The van der Waals surface area contributed by atoms with Crippen LogP contribution in [0.25, 0.3) is 33.0 Å². The first-order valence-corrected chi connectivity index (χ1v) is 8.39. The molecule has 4 rings (SSSR count). The van der Waals surface area contributed by atoms with E-state index >= 15 is 0 Å². The van der Waals surface area contributed by atoms with Gasteiger partial charge in [-0.2, -0.15) is 0 Å². The van der Waals surface area contributed by atoms with Crippen LogP contribution in [0.3, 0.4) is 0 Å². The van der Waals surface area contributed by atoms with E-state index in [0.29, 0.717) is 22.7 Å². The summed E-state index contributed by atoms with van der Waals surface area (Å²) in [7, 11) is 0. The average molecular weight is 340 g/mol. The summed E-state index contributed by atoms with van der Waals surface area (Å²) in [6.07, 6.45) is 0. The van der Waals surface area contributed by atoms with Crippen molar-refractivity contribution in [2.75, 3.05) is 22.9 Å². The van der Waals surface area contributed by atoms with E-state index in [0.717, 1.165) is 33.0 Å². The Morgan fingerprint density at radius 1 is 0.462 bits per heavy atom. The van der Waals surface area contributed by atoms with Gasteiger partial charge in [-0.15, -0.1) is 0 Å². The molecule has 0 spiro atoms. The van der Waals surface area contributed by atoms with E-state index in [1.54, 1.807) is 6.07 Å². The van der Waals surface area contributed by atoms with Crippen molar-refractivity contribution in [1.82, 2.24) is 0 Å². The van der Waals surface area contributed by atoms with Crippen LogP contribution in [0.15, 0.2) is 72.8 Å². The third-order valence-electron chi connectivity index (χ3n) is 4.75. The Balaban J connectivity index is 2.27. The number of rotatable bonds is 2. The molecule has 0 fully saturated rings. The third-order valence-corrected chi connectivity index (χ3v) is 4.75. The smallest absolute Gasteiger partial charge is 0.0640 e. The molecule has 0 atom stereocenters. The van der Waals surface area contributed by atoms with Gasteiger partial charge in [-0.05, 0) is 17.2 Å². The molecule has 0 radical (unpaired) electrons.